The number of aromatic nitrogens is 2. The molecule has 1 aliphatic heterocycles. The number of nitrogens with zero attached hydrogens (tertiary/aromatic N) is 3. The lowest BCUT2D eigenvalue weighted by Crippen LogP contribution is -2.43. The first-order valence-corrected chi connectivity index (χ1v) is 10.1. The zero-order chi connectivity index (χ0) is 20.0. The van der Waals surface area contributed by atoms with E-state index in [0.29, 0.717) is 18.0 Å². The highest BCUT2D eigenvalue weighted by Crippen LogP contribution is 2.37. The molecule has 2 aromatic heterocycles. The Morgan fingerprint density at radius 2 is 2.10 bits per heavy atom. The maximum absolute atomic E-state index is 12.6. The molecule has 1 unspecified atom stereocenters. The van der Waals surface area contributed by atoms with E-state index in [0.717, 1.165) is 54.0 Å². The Hall–Kier alpha value is -2.93. The highest BCUT2D eigenvalue weighted by atomic mass is 16.3. The van der Waals surface area contributed by atoms with Crippen LogP contribution in [0.5, 0.6) is 0 Å². The molecule has 1 saturated carbocycles. The summed E-state index contributed by atoms with van der Waals surface area (Å²) >= 11 is 0. The molecule has 2 aliphatic rings. The fraction of sp³-hybridized carbons (Fsp3) is 0.409. The van der Waals surface area contributed by atoms with Crippen LogP contribution in [0.2, 0.25) is 0 Å². The van der Waals surface area contributed by atoms with E-state index in [1.807, 2.05) is 31.2 Å². The Bertz CT molecular complexity index is 1060. The second-order valence-electron chi connectivity index (χ2n) is 8.14. The van der Waals surface area contributed by atoms with Gasteiger partial charge in [-0.05, 0) is 50.5 Å². The number of fused-ring (bicyclic) bond motifs is 1. The van der Waals surface area contributed by atoms with Gasteiger partial charge in [0.1, 0.15) is 23.5 Å². The molecule has 150 valence electrons. The Balaban J connectivity index is 1.20. The number of aryl methyl sites for hydroxylation is 1. The van der Waals surface area contributed by atoms with Crippen molar-refractivity contribution in [3.05, 3.63) is 53.7 Å². The highest BCUT2D eigenvalue weighted by molar-refractivity contribution is 5.98. The number of hydrogen-bond donors (Lipinski definition) is 2. The fourth-order valence-electron chi connectivity index (χ4n) is 4.27. The summed E-state index contributed by atoms with van der Waals surface area (Å²) in [6, 6.07) is 9.64. The van der Waals surface area contributed by atoms with Crippen molar-refractivity contribution in [1.29, 1.82) is 0 Å². The quantitative estimate of drug-likeness (QED) is 0.709. The summed E-state index contributed by atoms with van der Waals surface area (Å²) in [5.41, 5.74) is 2.46. The van der Waals surface area contributed by atoms with E-state index < -0.39 is 0 Å². The number of rotatable bonds is 4. The number of β-amino-alcohol motifs (C(OH)–C–C–N with tert-alkyl or cyclic N) is 1. The number of furan rings is 1. The SMILES string of the molecule is Cc1cc2cc(C(=O)NC3CC(c4cc(N5CCC(O)C5)ncn4)C3)ccc2o1. The van der Waals surface area contributed by atoms with Crippen LogP contribution >= 0.6 is 0 Å². The first kappa shape index (κ1) is 18.1. The maximum Gasteiger partial charge on any atom is 0.251 e. The van der Waals surface area contributed by atoms with Crippen molar-refractivity contribution in [2.24, 2.45) is 0 Å². The van der Waals surface area contributed by atoms with Gasteiger partial charge in [-0.15, -0.1) is 0 Å². The topological polar surface area (TPSA) is 91.5 Å². The molecule has 0 bridgehead atoms. The third-order valence-electron chi connectivity index (χ3n) is 5.95. The molecule has 1 saturated heterocycles. The lowest BCUT2D eigenvalue weighted by molar-refractivity contribution is 0.0908. The van der Waals surface area contributed by atoms with Crippen LogP contribution in [0.4, 0.5) is 5.82 Å². The predicted molar refractivity (Wildman–Crippen MR) is 109 cm³/mol. The number of aliphatic hydroxyl groups is 1. The van der Waals surface area contributed by atoms with Gasteiger partial charge in [0.2, 0.25) is 0 Å². The van der Waals surface area contributed by atoms with Gasteiger partial charge in [-0.1, -0.05) is 0 Å². The van der Waals surface area contributed by atoms with Gasteiger partial charge in [0.25, 0.3) is 5.91 Å². The van der Waals surface area contributed by atoms with Crippen LogP contribution in [0.15, 0.2) is 41.1 Å². The van der Waals surface area contributed by atoms with E-state index in [4.69, 9.17) is 4.42 Å². The lowest BCUT2D eigenvalue weighted by Gasteiger charge is -2.35. The van der Waals surface area contributed by atoms with Crippen molar-refractivity contribution in [3.8, 4) is 0 Å². The standard InChI is InChI=1S/C22H24N4O3/c1-13-6-16-7-14(2-3-20(16)29-13)22(28)25-17-8-15(9-17)19-10-21(24-12-23-19)26-5-4-18(27)11-26/h2-3,6-7,10,12,15,17-18,27H,4-5,8-9,11H2,1H3,(H,25,28). The summed E-state index contributed by atoms with van der Waals surface area (Å²) in [5.74, 6) is 1.99. The molecule has 1 aliphatic carbocycles. The summed E-state index contributed by atoms with van der Waals surface area (Å²) in [5, 5.41) is 13.8. The normalized spacial score (nSPS) is 23.9. The van der Waals surface area contributed by atoms with Gasteiger partial charge in [0.05, 0.1) is 6.10 Å². The number of benzene rings is 1. The van der Waals surface area contributed by atoms with Gasteiger partial charge in [0.15, 0.2) is 0 Å². The molecule has 7 nitrogen and oxygen atoms in total. The zero-order valence-corrected chi connectivity index (χ0v) is 16.3. The van der Waals surface area contributed by atoms with Crippen molar-refractivity contribution in [3.63, 3.8) is 0 Å². The van der Waals surface area contributed by atoms with Crippen LogP contribution in [0.25, 0.3) is 11.0 Å². The second kappa shape index (κ2) is 7.15. The van der Waals surface area contributed by atoms with Crippen molar-refractivity contribution in [2.75, 3.05) is 18.0 Å². The van der Waals surface area contributed by atoms with Crippen LogP contribution < -0.4 is 10.2 Å². The van der Waals surface area contributed by atoms with Crippen LogP contribution in [-0.2, 0) is 0 Å². The maximum atomic E-state index is 12.6. The van der Waals surface area contributed by atoms with E-state index in [1.54, 1.807) is 12.4 Å². The van der Waals surface area contributed by atoms with Gasteiger partial charge < -0.3 is 19.7 Å². The van der Waals surface area contributed by atoms with E-state index >= 15 is 0 Å². The van der Waals surface area contributed by atoms with Gasteiger partial charge in [-0.3, -0.25) is 4.79 Å². The molecule has 1 atom stereocenters. The largest absolute Gasteiger partial charge is 0.461 e. The molecule has 0 spiro atoms. The van der Waals surface area contributed by atoms with Gasteiger partial charge in [-0.2, -0.15) is 0 Å². The average Bonchev–Trinajstić information content (AvgIpc) is 3.28. The number of carbonyl (C=O) groups is 1. The van der Waals surface area contributed by atoms with Crippen molar-refractivity contribution < 1.29 is 14.3 Å². The van der Waals surface area contributed by atoms with E-state index in [-0.39, 0.29) is 18.1 Å². The fourth-order valence-corrected chi connectivity index (χ4v) is 4.27. The van der Waals surface area contributed by atoms with Crippen LogP contribution in [0.3, 0.4) is 0 Å². The number of carbonyl (C=O) groups excluding carboxylic acids is 1. The van der Waals surface area contributed by atoms with Crippen molar-refractivity contribution >= 4 is 22.7 Å². The smallest absolute Gasteiger partial charge is 0.251 e. The first-order chi connectivity index (χ1) is 14.0. The third-order valence-corrected chi connectivity index (χ3v) is 5.95. The monoisotopic (exact) mass is 392 g/mol. The highest BCUT2D eigenvalue weighted by Gasteiger charge is 2.33. The van der Waals surface area contributed by atoms with Crippen molar-refractivity contribution in [2.45, 2.75) is 44.2 Å². The second-order valence-corrected chi connectivity index (χ2v) is 8.14. The van der Waals surface area contributed by atoms with Gasteiger partial charge in [0, 0.05) is 47.8 Å². The molecule has 0 radical (unpaired) electrons. The molecular formula is C22H24N4O3. The number of aliphatic hydroxyl groups excluding tert-OH is 1. The minimum Gasteiger partial charge on any atom is -0.461 e. The summed E-state index contributed by atoms with van der Waals surface area (Å²) in [4.78, 5) is 23.5. The first-order valence-electron chi connectivity index (χ1n) is 10.1. The van der Waals surface area contributed by atoms with Crippen LogP contribution in [-0.4, -0.2) is 46.2 Å². The lowest BCUT2D eigenvalue weighted by atomic mass is 9.78. The molecular weight excluding hydrogens is 368 g/mol. The van der Waals surface area contributed by atoms with Gasteiger partial charge in [-0.25, -0.2) is 9.97 Å². The summed E-state index contributed by atoms with van der Waals surface area (Å²) in [6.07, 6.45) is 3.85. The predicted octanol–water partition coefficient (Wildman–Crippen LogP) is 2.78. The zero-order valence-electron chi connectivity index (χ0n) is 16.3. The molecule has 5 rings (SSSR count). The molecule has 1 aromatic carbocycles. The van der Waals surface area contributed by atoms with Gasteiger partial charge >= 0.3 is 0 Å². The molecule has 29 heavy (non-hydrogen) atoms. The Kier molecular flexibility index (Phi) is 4.47. The number of anilines is 1. The Labute approximate surface area is 168 Å². The molecule has 2 N–H and O–H groups in total. The molecule has 2 fully saturated rings. The average molecular weight is 392 g/mol. The summed E-state index contributed by atoms with van der Waals surface area (Å²) in [6.45, 7) is 3.35. The summed E-state index contributed by atoms with van der Waals surface area (Å²) < 4.78 is 5.57. The van der Waals surface area contributed by atoms with Crippen LogP contribution in [0.1, 0.15) is 47.0 Å². The third kappa shape index (κ3) is 3.58. The number of amides is 1. The van der Waals surface area contributed by atoms with E-state index in [2.05, 4.69) is 20.2 Å². The minimum absolute atomic E-state index is 0.0522. The van der Waals surface area contributed by atoms with E-state index in [9.17, 15) is 9.90 Å². The molecule has 7 heteroatoms. The van der Waals surface area contributed by atoms with Crippen LogP contribution in [0, 0.1) is 6.92 Å². The molecule has 3 aromatic rings. The van der Waals surface area contributed by atoms with E-state index in [1.165, 1.54) is 0 Å². The Morgan fingerprint density at radius 3 is 2.90 bits per heavy atom. The number of hydrogen-bond acceptors (Lipinski definition) is 6. The summed E-state index contributed by atoms with van der Waals surface area (Å²) in [7, 11) is 0. The Morgan fingerprint density at radius 1 is 1.24 bits per heavy atom. The molecule has 1 amide bonds. The molecule has 3 heterocycles. The van der Waals surface area contributed by atoms with Crippen molar-refractivity contribution in [1.82, 2.24) is 15.3 Å². The minimum atomic E-state index is -0.276. The number of nitrogens with one attached hydrogen (secondary N) is 1.